The minimum Gasteiger partial charge on any atom is -0.489 e. The first-order chi connectivity index (χ1) is 15.0. The van der Waals surface area contributed by atoms with E-state index < -0.39 is 11.8 Å². The Balaban J connectivity index is 1.49. The molecule has 3 rings (SSSR count). The van der Waals surface area contributed by atoms with Crippen LogP contribution in [-0.4, -0.2) is 26.6 Å². The fraction of sp³-hybridized carbons (Fsp3) is 0.238. The van der Waals surface area contributed by atoms with Crippen molar-refractivity contribution in [3.05, 3.63) is 75.3 Å². The van der Waals surface area contributed by atoms with E-state index in [1.165, 1.54) is 0 Å². The molecule has 1 aromatic heterocycles. The quantitative estimate of drug-likeness (QED) is 0.353. The van der Waals surface area contributed by atoms with Crippen LogP contribution in [0.3, 0.4) is 0 Å². The molecule has 8 nitrogen and oxygen atoms in total. The number of H-pyrrole nitrogens is 1. The number of halogens is 1. The summed E-state index contributed by atoms with van der Waals surface area (Å²) in [6.07, 6.45) is 1.57. The summed E-state index contributed by atoms with van der Waals surface area (Å²) in [5.41, 5.74) is 6.10. The third-order valence-electron chi connectivity index (χ3n) is 4.36. The van der Waals surface area contributed by atoms with Crippen molar-refractivity contribution in [1.29, 1.82) is 0 Å². The Morgan fingerprint density at radius 1 is 1.13 bits per heavy atom. The number of benzene rings is 2. The number of carbonyl (C=O) groups excluding carboxylic acids is 2. The highest BCUT2D eigenvalue weighted by atomic mass is 35.5. The van der Waals surface area contributed by atoms with Crippen molar-refractivity contribution in [2.45, 2.75) is 32.9 Å². The molecule has 0 atom stereocenters. The molecule has 0 unspecified atom stereocenters. The third-order valence-corrected chi connectivity index (χ3v) is 4.93. The van der Waals surface area contributed by atoms with Crippen molar-refractivity contribution < 1.29 is 14.3 Å². The molecular weight excluding hydrogens is 438 g/mol. The van der Waals surface area contributed by atoms with Crippen LogP contribution in [-0.2, 0) is 24.4 Å². The Labute approximate surface area is 189 Å². The average molecular weight is 460 g/mol. The van der Waals surface area contributed by atoms with E-state index >= 15 is 0 Å². The molecule has 0 radical (unpaired) electrons. The lowest BCUT2D eigenvalue weighted by Gasteiger charge is -2.10. The maximum absolute atomic E-state index is 12.3. The molecule has 0 aliphatic carbocycles. The smallest absolute Gasteiger partial charge is 0.269 e. The van der Waals surface area contributed by atoms with Crippen molar-refractivity contribution in [1.82, 2.24) is 25.6 Å². The minimum atomic E-state index is -0.428. The number of hydrazine groups is 1. The lowest BCUT2D eigenvalue weighted by atomic mass is 10.1. The molecule has 0 bridgehead atoms. The van der Waals surface area contributed by atoms with Crippen LogP contribution >= 0.6 is 23.8 Å². The van der Waals surface area contributed by atoms with Crippen LogP contribution in [0.4, 0.5) is 0 Å². The average Bonchev–Trinajstić information content (AvgIpc) is 3.11. The molecule has 0 aliphatic rings. The van der Waals surface area contributed by atoms with E-state index in [1.807, 2.05) is 6.92 Å². The van der Waals surface area contributed by atoms with Crippen LogP contribution in [0.5, 0.6) is 5.75 Å². The number of amides is 2. The first-order valence-electron chi connectivity index (χ1n) is 9.67. The van der Waals surface area contributed by atoms with Crippen molar-refractivity contribution >= 4 is 35.6 Å². The van der Waals surface area contributed by atoms with Gasteiger partial charge in [-0.2, -0.15) is 5.10 Å². The lowest BCUT2D eigenvalue weighted by Crippen LogP contribution is -2.43. The van der Waals surface area contributed by atoms with E-state index in [0.717, 1.165) is 12.0 Å². The zero-order valence-electron chi connectivity index (χ0n) is 16.9. The second-order valence-electron chi connectivity index (χ2n) is 6.72. The zero-order valence-corrected chi connectivity index (χ0v) is 18.4. The summed E-state index contributed by atoms with van der Waals surface area (Å²) in [6, 6.07) is 14.0. The van der Waals surface area contributed by atoms with Gasteiger partial charge in [-0.15, -0.1) is 0 Å². The monoisotopic (exact) mass is 459 g/mol. The van der Waals surface area contributed by atoms with Gasteiger partial charge in [-0.05, 0) is 60.6 Å². The predicted octanol–water partition coefficient (Wildman–Crippen LogP) is 3.59. The van der Waals surface area contributed by atoms with E-state index in [-0.39, 0.29) is 6.54 Å². The van der Waals surface area contributed by atoms with E-state index in [1.54, 1.807) is 53.1 Å². The number of hydrogen-bond donors (Lipinski definition) is 3. The van der Waals surface area contributed by atoms with E-state index in [4.69, 9.17) is 28.6 Å². The first-order valence-corrected chi connectivity index (χ1v) is 10.5. The van der Waals surface area contributed by atoms with Gasteiger partial charge in [0.1, 0.15) is 24.7 Å². The van der Waals surface area contributed by atoms with E-state index in [9.17, 15) is 9.59 Å². The van der Waals surface area contributed by atoms with Crippen LogP contribution in [0.1, 0.15) is 35.1 Å². The number of nitrogens with zero attached hydrogens (tertiary/aromatic N) is 2. The number of aryl methyl sites for hydroxylation is 1. The second kappa shape index (κ2) is 10.7. The molecule has 0 aliphatic heterocycles. The number of ether oxygens (including phenoxy) is 1. The Morgan fingerprint density at radius 2 is 1.84 bits per heavy atom. The predicted molar refractivity (Wildman–Crippen MR) is 119 cm³/mol. The number of nitrogens with one attached hydrogen (secondary N) is 3. The van der Waals surface area contributed by atoms with Gasteiger partial charge in [-0.1, -0.05) is 30.7 Å². The van der Waals surface area contributed by atoms with Crippen LogP contribution in [0.2, 0.25) is 5.02 Å². The summed E-state index contributed by atoms with van der Waals surface area (Å²) >= 11 is 11.0. The number of carbonyl (C=O) groups is 2. The summed E-state index contributed by atoms with van der Waals surface area (Å²) in [4.78, 5) is 24.5. The largest absolute Gasteiger partial charge is 0.489 e. The maximum atomic E-state index is 12.3. The number of hydrogen-bond acceptors (Lipinski definition) is 5. The van der Waals surface area contributed by atoms with E-state index in [0.29, 0.717) is 40.0 Å². The Morgan fingerprint density at radius 3 is 2.52 bits per heavy atom. The van der Waals surface area contributed by atoms with Crippen LogP contribution in [0.15, 0.2) is 48.5 Å². The normalized spacial score (nSPS) is 10.5. The summed E-state index contributed by atoms with van der Waals surface area (Å²) in [7, 11) is 0. The van der Waals surface area contributed by atoms with Gasteiger partial charge in [0.05, 0.1) is 0 Å². The standard InChI is InChI=1S/C21H22ClN5O3S/c1-2-3-18-23-26-21(31)27(18)12-19(28)24-25-20(29)15-6-4-14(5-7-15)13-30-17-10-8-16(22)9-11-17/h4-11H,2-3,12-13H2,1H3,(H,24,28)(H,25,29)(H,26,31). The summed E-state index contributed by atoms with van der Waals surface area (Å²) in [6.45, 7) is 2.33. The highest BCUT2D eigenvalue weighted by Crippen LogP contribution is 2.17. The highest BCUT2D eigenvalue weighted by Gasteiger charge is 2.12. The number of aromatic amines is 1. The molecule has 3 N–H and O–H groups in total. The molecule has 2 aromatic carbocycles. The van der Waals surface area contributed by atoms with Crippen molar-refractivity contribution in [2.75, 3.05) is 0 Å². The van der Waals surface area contributed by atoms with Crippen molar-refractivity contribution in [3.8, 4) is 5.75 Å². The topological polar surface area (TPSA) is 101 Å². The number of aromatic nitrogens is 3. The molecule has 0 fully saturated rings. The van der Waals surface area contributed by atoms with Gasteiger partial charge < -0.3 is 4.74 Å². The molecule has 1 heterocycles. The molecule has 0 spiro atoms. The molecule has 3 aromatic rings. The van der Waals surface area contributed by atoms with Gasteiger partial charge in [0, 0.05) is 17.0 Å². The van der Waals surface area contributed by atoms with Crippen LogP contribution in [0.25, 0.3) is 0 Å². The van der Waals surface area contributed by atoms with Crippen LogP contribution in [0, 0.1) is 4.77 Å². The van der Waals surface area contributed by atoms with Gasteiger partial charge >= 0.3 is 0 Å². The molecule has 2 amide bonds. The minimum absolute atomic E-state index is 0.0358. The van der Waals surface area contributed by atoms with Gasteiger partial charge in [0.25, 0.3) is 11.8 Å². The fourth-order valence-corrected chi connectivity index (χ4v) is 3.10. The zero-order chi connectivity index (χ0) is 22.2. The molecular formula is C21H22ClN5O3S. The van der Waals surface area contributed by atoms with E-state index in [2.05, 4.69) is 21.0 Å². The third kappa shape index (κ3) is 6.40. The summed E-state index contributed by atoms with van der Waals surface area (Å²) in [5, 5.41) is 7.43. The van der Waals surface area contributed by atoms with Gasteiger partial charge in [-0.25, -0.2) is 0 Å². The Hall–Kier alpha value is -3.17. The van der Waals surface area contributed by atoms with Crippen LogP contribution < -0.4 is 15.6 Å². The first kappa shape index (κ1) is 22.5. The fourth-order valence-electron chi connectivity index (χ4n) is 2.76. The summed E-state index contributed by atoms with van der Waals surface area (Å²) in [5.74, 6) is 0.568. The Kier molecular flexibility index (Phi) is 7.80. The van der Waals surface area contributed by atoms with Gasteiger partial charge in [-0.3, -0.25) is 30.1 Å². The molecule has 0 saturated carbocycles. The number of rotatable bonds is 8. The molecule has 162 valence electrons. The molecule has 10 heteroatoms. The molecule has 0 saturated heterocycles. The second-order valence-corrected chi connectivity index (χ2v) is 7.55. The highest BCUT2D eigenvalue weighted by molar-refractivity contribution is 7.71. The Bertz CT molecular complexity index is 1090. The van der Waals surface area contributed by atoms with Crippen molar-refractivity contribution in [3.63, 3.8) is 0 Å². The summed E-state index contributed by atoms with van der Waals surface area (Å²) < 4.78 is 7.65. The lowest BCUT2D eigenvalue weighted by molar-refractivity contribution is -0.122. The SMILES string of the molecule is CCCc1n[nH]c(=S)n1CC(=O)NNC(=O)c1ccc(COc2ccc(Cl)cc2)cc1. The van der Waals surface area contributed by atoms with Gasteiger partial charge in [0.15, 0.2) is 4.77 Å². The molecule has 31 heavy (non-hydrogen) atoms. The van der Waals surface area contributed by atoms with Crippen molar-refractivity contribution in [2.24, 2.45) is 0 Å². The maximum Gasteiger partial charge on any atom is 0.269 e. The van der Waals surface area contributed by atoms with Gasteiger partial charge in [0.2, 0.25) is 0 Å².